The Kier molecular flexibility index (Phi) is 1.91. The van der Waals surface area contributed by atoms with E-state index in [1.165, 1.54) is 11.3 Å². The van der Waals surface area contributed by atoms with Crippen LogP contribution in [0.15, 0.2) is 22.7 Å². The SMILES string of the molecule is CN1CC(C)(C)c2ccc(Br)cc21. The Bertz CT molecular complexity index is 344. The second kappa shape index (κ2) is 2.74. The first kappa shape index (κ1) is 9.07. The lowest BCUT2D eigenvalue weighted by Gasteiger charge is -2.18. The standard InChI is InChI=1S/C11H14BrN/c1-11(2)7-13(3)10-6-8(12)4-5-9(10)11/h4-6H,7H2,1-3H3. The summed E-state index contributed by atoms with van der Waals surface area (Å²) >= 11 is 3.50. The van der Waals surface area contributed by atoms with Crippen LogP contribution < -0.4 is 4.90 Å². The minimum Gasteiger partial charge on any atom is -0.373 e. The van der Waals surface area contributed by atoms with Crippen molar-refractivity contribution in [2.45, 2.75) is 19.3 Å². The molecule has 2 rings (SSSR count). The van der Waals surface area contributed by atoms with Crippen LogP contribution in [0.2, 0.25) is 0 Å². The van der Waals surface area contributed by atoms with Crippen LogP contribution in [-0.4, -0.2) is 13.6 Å². The molecule has 0 fully saturated rings. The fourth-order valence-corrected chi connectivity index (χ4v) is 2.51. The number of anilines is 1. The summed E-state index contributed by atoms with van der Waals surface area (Å²) in [5.74, 6) is 0. The molecule has 0 aromatic heterocycles. The first-order valence-electron chi connectivity index (χ1n) is 4.52. The van der Waals surface area contributed by atoms with Gasteiger partial charge in [-0.15, -0.1) is 0 Å². The van der Waals surface area contributed by atoms with Gasteiger partial charge in [0, 0.05) is 29.2 Å². The quantitative estimate of drug-likeness (QED) is 0.673. The molecule has 1 heterocycles. The average Bonchev–Trinajstić information content (AvgIpc) is 2.22. The summed E-state index contributed by atoms with van der Waals surface area (Å²) in [4.78, 5) is 2.32. The Morgan fingerprint density at radius 2 is 2.08 bits per heavy atom. The molecule has 2 heteroatoms. The fraction of sp³-hybridized carbons (Fsp3) is 0.455. The van der Waals surface area contributed by atoms with E-state index in [-0.39, 0.29) is 0 Å². The van der Waals surface area contributed by atoms with E-state index in [9.17, 15) is 0 Å². The maximum Gasteiger partial charge on any atom is 0.0413 e. The van der Waals surface area contributed by atoms with E-state index in [0.717, 1.165) is 11.0 Å². The van der Waals surface area contributed by atoms with Gasteiger partial charge in [-0.3, -0.25) is 0 Å². The van der Waals surface area contributed by atoms with Crippen LogP contribution in [0, 0.1) is 0 Å². The molecular formula is C11H14BrN. The van der Waals surface area contributed by atoms with Crippen LogP contribution >= 0.6 is 15.9 Å². The van der Waals surface area contributed by atoms with Crippen molar-refractivity contribution in [1.82, 2.24) is 0 Å². The highest BCUT2D eigenvalue weighted by atomic mass is 79.9. The topological polar surface area (TPSA) is 3.24 Å². The van der Waals surface area contributed by atoms with E-state index < -0.39 is 0 Å². The van der Waals surface area contributed by atoms with Gasteiger partial charge < -0.3 is 4.90 Å². The van der Waals surface area contributed by atoms with E-state index in [2.05, 4.69) is 59.9 Å². The van der Waals surface area contributed by atoms with Gasteiger partial charge in [0.1, 0.15) is 0 Å². The zero-order chi connectivity index (χ0) is 9.64. The minimum absolute atomic E-state index is 0.296. The molecular weight excluding hydrogens is 226 g/mol. The molecule has 1 aliphatic heterocycles. The number of hydrogen-bond acceptors (Lipinski definition) is 1. The van der Waals surface area contributed by atoms with Crippen molar-refractivity contribution < 1.29 is 0 Å². The number of hydrogen-bond donors (Lipinski definition) is 0. The molecule has 1 aromatic carbocycles. The van der Waals surface area contributed by atoms with Gasteiger partial charge in [-0.05, 0) is 17.7 Å². The summed E-state index contributed by atoms with van der Waals surface area (Å²) in [5, 5.41) is 0. The van der Waals surface area contributed by atoms with Gasteiger partial charge in [0.25, 0.3) is 0 Å². The van der Waals surface area contributed by atoms with Crippen molar-refractivity contribution in [2.24, 2.45) is 0 Å². The van der Waals surface area contributed by atoms with Crippen molar-refractivity contribution in [1.29, 1.82) is 0 Å². The second-order valence-corrected chi connectivity index (χ2v) is 5.32. The minimum atomic E-state index is 0.296. The zero-order valence-electron chi connectivity index (χ0n) is 8.26. The van der Waals surface area contributed by atoms with Crippen LogP contribution in [-0.2, 0) is 5.41 Å². The molecule has 13 heavy (non-hydrogen) atoms. The third-order valence-electron chi connectivity index (χ3n) is 2.73. The van der Waals surface area contributed by atoms with Crippen LogP contribution in [0.5, 0.6) is 0 Å². The van der Waals surface area contributed by atoms with Crippen LogP contribution in [0.4, 0.5) is 5.69 Å². The van der Waals surface area contributed by atoms with Gasteiger partial charge in [-0.1, -0.05) is 35.8 Å². The molecule has 0 saturated heterocycles. The number of halogens is 1. The second-order valence-electron chi connectivity index (χ2n) is 4.40. The van der Waals surface area contributed by atoms with Crippen molar-refractivity contribution in [3.63, 3.8) is 0 Å². The molecule has 0 bridgehead atoms. The molecule has 1 aromatic rings. The predicted octanol–water partition coefficient (Wildman–Crippen LogP) is 3.18. The Hall–Kier alpha value is -0.500. The molecule has 1 aliphatic rings. The van der Waals surface area contributed by atoms with Crippen molar-refractivity contribution in [3.8, 4) is 0 Å². The summed E-state index contributed by atoms with van der Waals surface area (Å²) in [6.45, 7) is 5.70. The summed E-state index contributed by atoms with van der Waals surface area (Å²) in [6.07, 6.45) is 0. The van der Waals surface area contributed by atoms with E-state index >= 15 is 0 Å². The Balaban J connectivity index is 2.59. The predicted molar refractivity (Wildman–Crippen MR) is 60.4 cm³/mol. The van der Waals surface area contributed by atoms with Gasteiger partial charge in [0.15, 0.2) is 0 Å². The van der Waals surface area contributed by atoms with Crippen LogP contribution in [0.1, 0.15) is 19.4 Å². The van der Waals surface area contributed by atoms with E-state index in [4.69, 9.17) is 0 Å². The highest BCUT2D eigenvalue weighted by Gasteiger charge is 2.32. The normalized spacial score (nSPS) is 18.9. The highest BCUT2D eigenvalue weighted by Crippen LogP contribution is 2.40. The molecule has 0 spiro atoms. The summed E-state index contributed by atoms with van der Waals surface area (Å²) in [5.41, 5.74) is 3.11. The van der Waals surface area contributed by atoms with E-state index in [1.807, 2.05) is 0 Å². The molecule has 0 amide bonds. The van der Waals surface area contributed by atoms with Crippen molar-refractivity contribution in [3.05, 3.63) is 28.2 Å². The van der Waals surface area contributed by atoms with Crippen LogP contribution in [0.3, 0.4) is 0 Å². The number of benzene rings is 1. The van der Waals surface area contributed by atoms with E-state index in [1.54, 1.807) is 0 Å². The summed E-state index contributed by atoms with van der Waals surface area (Å²) < 4.78 is 1.16. The summed E-state index contributed by atoms with van der Waals surface area (Å²) in [7, 11) is 2.15. The Morgan fingerprint density at radius 1 is 1.38 bits per heavy atom. The molecule has 0 unspecified atom stereocenters. The summed E-state index contributed by atoms with van der Waals surface area (Å²) in [6, 6.07) is 6.55. The number of nitrogens with zero attached hydrogens (tertiary/aromatic N) is 1. The van der Waals surface area contributed by atoms with Gasteiger partial charge in [0.2, 0.25) is 0 Å². The molecule has 0 radical (unpaired) electrons. The van der Waals surface area contributed by atoms with Gasteiger partial charge in [-0.2, -0.15) is 0 Å². The first-order valence-corrected chi connectivity index (χ1v) is 5.31. The smallest absolute Gasteiger partial charge is 0.0413 e. The monoisotopic (exact) mass is 239 g/mol. The fourth-order valence-electron chi connectivity index (χ4n) is 2.16. The number of likely N-dealkylation sites (N-methyl/N-ethyl adjacent to an activating group) is 1. The molecule has 0 atom stereocenters. The Labute approximate surface area is 87.9 Å². The average molecular weight is 240 g/mol. The third kappa shape index (κ3) is 1.37. The molecule has 1 nitrogen and oxygen atoms in total. The molecule has 0 N–H and O–H groups in total. The largest absolute Gasteiger partial charge is 0.373 e. The maximum absolute atomic E-state index is 3.50. The van der Waals surface area contributed by atoms with E-state index in [0.29, 0.717) is 5.41 Å². The van der Waals surface area contributed by atoms with Gasteiger partial charge >= 0.3 is 0 Å². The van der Waals surface area contributed by atoms with Crippen molar-refractivity contribution >= 4 is 21.6 Å². The lowest BCUT2D eigenvalue weighted by molar-refractivity contribution is 0.563. The molecule has 70 valence electrons. The van der Waals surface area contributed by atoms with Crippen LogP contribution in [0.25, 0.3) is 0 Å². The molecule has 0 saturated carbocycles. The highest BCUT2D eigenvalue weighted by molar-refractivity contribution is 9.10. The van der Waals surface area contributed by atoms with Gasteiger partial charge in [-0.25, -0.2) is 0 Å². The lowest BCUT2D eigenvalue weighted by Crippen LogP contribution is -2.24. The van der Waals surface area contributed by atoms with Gasteiger partial charge in [0.05, 0.1) is 0 Å². The third-order valence-corrected chi connectivity index (χ3v) is 3.23. The van der Waals surface area contributed by atoms with Crippen molar-refractivity contribution in [2.75, 3.05) is 18.5 Å². The molecule has 0 aliphatic carbocycles. The zero-order valence-corrected chi connectivity index (χ0v) is 9.85. The number of rotatable bonds is 0. The first-order chi connectivity index (χ1) is 6.00. The maximum atomic E-state index is 3.50. The Morgan fingerprint density at radius 3 is 2.77 bits per heavy atom. The number of fused-ring (bicyclic) bond motifs is 1. The lowest BCUT2D eigenvalue weighted by atomic mass is 9.87.